The van der Waals surface area contributed by atoms with E-state index in [4.69, 9.17) is 5.26 Å². The molecule has 2 nitrogen and oxygen atoms in total. The molecule has 0 fully saturated rings. The number of hydrogen-bond donors (Lipinski definition) is 0. The number of ketones is 1. The van der Waals surface area contributed by atoms with Gasteiger partial charge in [-0.25, -0.2) is 8.78 Å². The van der Waals surface area contributed by atoms with Gasteiger partial charge in [-0.1, -0.05) is 0 Å². The molecule has 0 spiro atoms. The van der Waals surface area contributed by atoms with E-state index in [1.807, 2.05) is 6.07 Å². The smallest absolute Gasteiger partial charge is 0.131 e. The van der Waals surface area contributed by atoms with Gasteiger partial charge in [-0.2, -0.15) is 5.26 Å². The van der Waals surface area contributed by atoms with Crippen LogP contribution in [-0.2, 0) is 10.2 Å². The minimum absolute atomic E-state index is 0.0785. The number of Topliss-reactive ketones (excluding diaryl/α,β-unsaturated/α-hetero) is 1. The van der Waals surface area contributed by atoms with Crippen molar-refractivity contribution in [1.29, 1.82) is 5.26 Å². The first-order valence-corrected chi connectivity index (χ1v) is 4.75. The van der Waals surface area contributed by atoms with Gasteiger partial charge < -0.3 is 0 Å². The lowest BCUT2D eigenvalue weighted by atomic mass is 9.79. The van der Waals surface area contributed by atoms with Crippen molar-refractivity contribution in [1.82, 2.24) is 0 Å². The average Bonchev–Trinajstić information content (AvgIpc) is 2.20. The molecule has 1 unspecified atom stereocenters. The lowest BCUT2D eigenvalue weighted by Gasteiger charge is -2.21. The van der Waals surface area contributed by atoms with E-state index in [-0.39, 0.29) is 17.8 Å². The zero-order valence-corrected chi connectivity index (χ0v) is 9.05. The Bertz CT molecular complexity index is 465. The van der Waals surface area contributed by atoms with Crippen LogP contribution in [0.2, 0.25) is 0 Å². The van der Waals surface area contributed by atoms with Gasteiger partial charge in [0.15, 0.2) is 0 Å². The highest BCUT2D eigenvalue weighted by molar-refractivity contribution is 5.77. The molecule has 1 aromatic carbocycles. The summed E-state index contributed by atoms with van der Waals surface area (Å²) in [6.45, 7) is 2.74. The molecule has 16 heavy (non-hydrogen) atoms. The minimum Gasteiger partial charge on any atom is -0.300 e. The molecule has 0 aromatic heterocycles. The molecule has 0 aliphatic heterocycles. The summed E-state index contributed by atoms with van der Waals surface area (Å²) in [7, 11) is 0. The molecule has 0 aliphatic carbocycles. The van der Waals surface area contributed by atoms with E-state index in [1.54, 1.807) is 0 Å². The summed E-state index contributed by atoms with van der Waals surface area (Å²) in [5.41, 5.74) is -1.40. The number of rotatable bonds is 3. The third kappa shape index (κ3) is 2.43. The van der Waals surface area contributed by atoms with E-state index in [0.717, 1.165) is 18.2 Å². The molecule has 0 radical (unpaired) electrons. The molecular weight excluding hydrogens is 212 g/mol. The van der Waals surface area contributed by atoms with Gasteiger partial charge in [0.25, 0.3) is 0 Å². The second kappa shape index (κ2) is 4.40. The summed E-state index contributed by atoms with van der Waals surface area (Å²) in [5, 5.41) is 9.01. The topological polar surface area (TPSA) is 40.9 Å². The van der Waals surface area contributed by atoms with Crippen LogP contribution in [0.4, 0.5) is 8.78 Å². The van der Waals surface area contributed by atoms with E-state index in [9.17, 15) is 13.6 Å². The third-order valence-corrected chi connectivity index (χ3v) is 2.37. The Morgan fingerprint density at radius 2 is 2.12 bits per heavy atom. The van der Waals surface area contributed by atoms with Crippen LogP contribution in [0.3, 0.4) is 0 Å². The summed E-state index contributed by atoms with van der Waals surface area (Å²) >= 11 is 0. The Morgan fingerprint density at radius 1 is 1.50 bits per heavy atom. The second-order valence-electron chi connectivity index (χ2n) is 3.95. The number of hydrogen-bond acceptors (Lipinski definition) is 2. The van der Waals surface area contributed by atoms with E-state index >= 15 is 0 Å². The van der Waals surface area contributed by atoms with Gasteiger partial charge in [0.1, 0.15) is 17.4 Å². The lowest BCUT2D eigenvalue weighted by molar-refractivity contribution is -0.117. The van der Waals surface area contributed by atoms with E-state index < -0.39 is 17.0 Å². The zero-order chi connectivity index (χ0) is 12.3. The SMILES string of the molecule is CC(=O)CC(C)(C#N)c1cc(F)ccc1F. The predicted molar refractivity (Wildman–Crippen MR) is 54.6 cm³/mol. The minimum atomic E-state index is -1.32. The van der Waals surface area contributed by atoms with Crippen LogP contribution in [0.25, 0.3) is 0 Å². The molecule has 1 rings (SSSR count). The van der Waals surface area contributed by atoms with E-state index in [0.29, 0.717) is 0 Å². The van der Waals surface area contributed by atoms with Crippen molar-refractivity contribution in [2.45, 2.75) is 25.7 Å². The average molecular weight is 223 g/mol. The molecule has 0 aliphatic rings. The van der Waals surface area contributed by atoms with Crippen molar-refractivity contribution < 1.29 is 13.6 Å². The molecule has 0 saturated heterocycles. The zero-order valence-electron chi connectivity index (χ0n) is 9.05. The van der Waals surface area contributed by atoms with Crippen LogP contribution in [0.15, 0.2) is 18.2 Å². The van der Waals surface area contributed by atoms with Crippen LogP contribution in [0, 0.1) is 23.0 Å². The molecule has 0 amide bonds. The van der Waals surface area contributed by atoms with Crippen LogP contribution in [-0.4, -0.2) is 5.78 Å². The summed E-state index contributed by atoms with van der Waals surface area (Å²) in [6.07, 6.45) is -0.135. The number of halogens is 2. The third-order valence-electron chi connectivity index (χ3n) is 2.37. The highest BCUT2D eigenvalue weighted by Crippen LogP contribution is 2.29. The normalized spacial score (nSPS) is 13.9. The van der Waals surface area contributed by atoms with Crippen molar-refractivity contribution >= 4 is 5.78 Å². The highest BCUT2D eigenvalue weighted by Gasteiger charge is 2.31. The summed E-state index contributed by atoms with van der Waals surface area (Å²) < 4.78 is 26.5. The fraction of sp³-hybridized carbons (Fsp3) is 0.333. The Labute approximate surface area is 92.5 Å². The molecule has 0 saturated carbocycles. The highest BCUT2D eigenvalue weighted by atomic mass is 19.1. The van der Waals surface area contributed by atoms with Gasteiger partial charge in [0.2, 0.25) is 0 Å². The molecule has 1 aromatic rings. The maximum atomic E-state index is 13.5. The molecule has 84 valence electrons. The summed E-state index contributed by atoms with van der Waals surface area (Å²) in [5.74, 6) is -1.54. The van der Waals surface area contributed by atoms with Crippen molar-refractivity contribution in [3.8, 4) is 6.07 Å². The first-order chi connectivity index (χ1) is 7.39. The van der Waals surface area contributed by atoms with Crippen molar-refractivity contribution in [2.75, 3.05) is 0 Å². The molecule has 0 bridgehead atoms. The molecular formula is C12H11F2NO. The summed E-state index contributed by atoms with van der Waals surface area (Å²) in [4.78, 5) is 11.0. The predicted octanol–water partition coefficient (Wildman–Crippen LogP) is 2.73. The first kappa shape index (κ1) is 12.3. The lowest BCUT2D eigenvalue weighted by Crippen LogP contribution is -2.24. The Hall–Kier alpha value is -1.76. The molecule has 1 atom stereocenters. The van der Waals surface area contributed by atoms with Crippen molar-refractivity contribution in [2.24, 2.45) is 0 Å². The van der Waals surface area contributed by atoms with Crippen LogP contribution in [0.1, 0.15) is 25.8 Å². The van der Waals surface area contributed by atoms with Crippen LogP contribution >= 0.6 is 0 Å². The maximum absolute atomic E-state index is 13.5. The van der Waals surface area contributed by atoms with Gasteiger partial charge >= 0.3 is 0 Å². The number of benzene rings is 1. The number of nitrogens with zero attached hydrogens (tertiary/aromatic N) is 1. The van der Waals surface area contributed by atoms with Crippen LogP contribution < -0.4 is 0 Å². The monoisotopic (exact) mass is 223 g/mol. The van der Waals surface area contributed by atoms with Gasteiger partial charge in [-0.15, -0.1) is 0 Å². The molecule has 4 heteroatoms. The standard InChI is InChI=1S/C12H11F2NO/c1-8(16)6-12(2,7-15)10-5-9(13)3-4-11(10)14/h3-5H,6H2,1-2H3. The van der Waals surface area contributed by atoms with E-state index in [1.165, 1.54) is 13.8 Å². The van der Waals surface area contributed by atoms with Gasteiger partial charge in [0, 0.05) is 12.0 Å². The Morgan fingerprint density at radius 3 is 2.62 bits per heavy atom. The Kier molecular flexibility index (Phi) is 3.38. The number of carbonyl (C=O) groups is 1. The largest absolute Gasteiger partial charge is 0.300 e. The van der Waals surface area contributed by atoms with E-state index in [2.05, 4.69) is 0 Å². The summed E-state index contributed by atoms with van der Waals surface area (Å²) in [6, 6.07) is 4.76. The van der Waals surface area contributed by atoms with Gasteiger partial charge in [-0.05, 0) is 32.0 Å². The second-order valence-corrected chi connectivity index (χ2v) is 3.95. The molecule has 0 heterocycles. The number of carbonyl (C=O) groups excluding carboxylic acids is 1. The van der Waals surface area contributed by atoms with Gasteiger partial charge in [0.05, 0.1) is 11.5 Å². The van der Waals surface area contributed by atoms with Gasteiger partial charge in [-0.3, -0.25) is 4.79 Å². The fourth-order valence-electron chi connectivity index (χ4n) is 1.61. The number of nitriles is 1. The maximum Gasteiger partial charge on any atom is 0.131 e. The first-order valence-electron chi connectivity index (χ1n) is 4.75. The Balaban J connectivity index is 3.28. The quantitative estimate of drug-likeness (QED) is 0.790. The fourth-order valence-corrected chi connectivity index (χ4v) is 1.61. The molecule has 0 N–H and O–H groups in total. The van der Waals surface area contributed by atoms with Crippen molar-refractivity contribution in [3.63, 3.8) is 0 Å². The van der Waals surface area contributed by atoms with Crippen molar-refractivity contribution in [3.05, 3.63) is 35.4 Å². The van der Waals surface area contributed by atoms with Crippen LogP contribution in [0.5, 0.6) is 0 Å².